The Morgan fingerprint density at radius 3 is 2.28 bits per heavy atom. The van der Waals surface area contributed by atoms with Crippen molar-refractivity contribution < 1.29 is 4.74 Å². The zero-order valence-electron chi connectivity index (χ0n) is 11.9. The van der Waals surface area contributed by atoms with E-state index in [1.54, 1.807) is 0 Å². The largest absolute Gasteiger partial charge is 0.378 e. The summed E-state index contributed by atoms with van der Waals surface area (Å²) in [6.45, 7) is 3.21. The molecule has 3 rings (SSSR count). The smallest absolute Gasteiger partial charge is 0.0561 e. The highest BCUT2D eigenvalue weighted by molar-refractivity contribution is 4.98. The van der Waals surface area contributed by atoms with Crippen LogP contribution >= 0.6 is 0 Å². The van der Waals surface area contributed by atoms with Gasteiger partial charge in [-0.05, 0) is 52.5 Å². The lowest BCUT2D eigenvalue weighted by Crippen LogP contribution is -2.60. The molecule has 0 spiro atoms. The van der Waals surface area contributed by atoms with Crippen molar-refractivity contribution in [2.45, 2.75) is 82.1 Å². The summed E-state index contributed by atoms with van der Waals surface area (Å²) in [4.78, 5) is 2.90. The van der Waals surface area contributed by atoms with Gasteiger partial charge in [-0.2, -0.15) is 0 Å². The summed E-state index contributed by atoms with van der Waals surface area (Å²) in [5.41, 5.74) is 0. The lowest BCUT2D eigenvalue weighted by atomic mass is 9.79. The van der Waals surface area contributed by atoms with E-state index < -0.39 is 0 Å². The number of piperidine rings is 2. The fourth-order valence-corrected chi connectivity index (χ4v) is 4.49. The minimum atomic E-state index is 0.464. The van der Waals surface area contributed by atoms with E-state index in [2.05, 4.69) is 24.2 Å². The summed E-state index contributed by atoms with van der Waals surface area (Å²) in [5, 5.41) is 3.51. The molecule has 2 bridgehead atoms. The Labute approximate surface area is 111 Å². The summed E-state index contributed by atoms with van der Waals surface area (Å²) >= 11 is 0. The molecule has 0 aromatic rings. The molecule has 4 atom stereocenters. The van der Waals surface area contributed by atoms with E-state index in [9.17, 15) is 0 Å². The van der Waals surface area contributed by atoms with Gasteiger partial charge in [0.2, 0.25) is 0 Å². The van der Waals surface area contributed by atoms with E-state index in [0.29, 0.717) is 6.10 Å². The van der Waals surface area contributed by atoms with E-state index in [1.165, 1.54) is 44.9 Å². The van der Waals surface area contributed by atoms with Crippen molar-refractivity contribution >= 4 is 0 Å². The second-order valence-electron chi connectivity index (χ2n) is 6.50. The average Bonchev–Trinajstić information content (AvgIpc) is 2.37. The van der Waals surface area contributed by atoms with Gasteiger partial charge >= 0.3 is 0 Å². The molecule has 0 aliphatic carbocycles. The molecule has 3 aliphatic heterocycles. The monoisotopic (exact) mass is 252 g/mol. The maximum absolute atomic E-state index is 5.72. The highest BCUT2D eigenvalue weighted by Gasteiger charge is 2.42. The van der Waals surface area contributed by atoms with Crippen LogP contribution in [0.3, 0.4) is 0 Å². The third kappa shape index (κ3) is 2.45. The molecular weight excluding hydrogens is 224 g/mol. The number of hydrogen-bond donors (Lipinski definition) is 1. The first kappa shape index (κ1) is 12.9. The van der Waals surface area contributed by atoms with Crippen LogP contribution in [-0.4, -0.2) is 48.8 Å². The van der Waals surface area contributed by atoms with Gasteiger partial charge in [-0.3, -0.25) is 4.90 Å². The Morgan fingerprint density at radius 2 is 1.67 bits per heavy atom. The zero-order valence-corrected chi connectivity index (χ0v) is 11.9. The second-order valence-corrected chi connectivity index (χ2v) is 6.50. The molecule has 4 unspecified atom stereocenters. The van der Waals surface area contributed by atoms with Crippen LogP contribution in [0.1, 0.15) is 51.9 Å². The second kappa shape index (κ2) is 5.48. The Hall–Kier alpha value is -0.120. The van der Waals surface area contributed by atoms with Gasteiger partial charge < -0.3 is 10.1 Å². The zero-order chi connectivity index (χ0) is 12.5. The predicted molar refractivity (Wildman–Crippen MR) is 73.8 cm³/mol. The van der Waals surface area contributed by atoms with Crippen molar-refractivity contribution in [2.75, 3.05) is 13.7 Å². The van der Waals surface area contributed by atoms with Crippen LogP contribution in [-0.2, 0) is 4.74 Å². The molecule has 0 aromatic carbocycles. The SMILES string of the molecule is CNC1CC2CCCC(C1)N2C1CCOC(C)C1. The third-order valence-electron chi connectivity index (χ3n) is 5.32. The van der Waals surface area contributed by atoms with Crippen LogP contribution in [0.15, 0.2) is 0 Å². The van der Waals surface area contributed by atoms with Gasteiger partial charge in [-0.1, -0.05) is 6.42 Å². The minimum absolute atomic E-state index is 0.464. The van der Waals surface area contributed by atoms with E-state index in [1.807, 2.05) is 0 Å². The maximum atomic E-state index is 5.72. The van der Waals surface area contributed by atoms with Crippen LogP contribution in [0.4, 0.5) is 0 Å². The van der Waals surface area contributed by atoms with E-state index in [-0.39, 0.29) is 0 Å². The average molecular weight is 252 g/mol. The van der Waals surface area contributed by atoms with Crippen molar-refractivity contribution in [1.29, 1.82) is 0 Å². The molecule has 3 heterocycles. The van der Waals surface area contributed by atoms with Crippen molar-refractivity contribution in [1.82, 2.24) is 10.2 Å². The van der Waals surface area contributed by atoms with Crippen molar-refractivity contribution in [3.05, 3.63) is 0 Å². The molecule has 0 radical (unpaired) electrons. The summed E-state index contributed by atoms with van der Waals surface area (Å²) in [6.07, 6.45) is 9.96. The van der Waals surface area contributed by atoms with Crippen LogP contribution in [0.5, 0.6) is 0 Å². The normalized spacial score (nSPS) is 46.0. The molecule has 0 saturated carbocycles. The summed E-state index contributed by atoms with van der Waals surface area (Å²) < 4.78 is 5.72. The summed E-state index contributed by atoms with van der Waals surface area (Å²) in [5.74, 6) is 0. The van der Waals surface area contributed by atoms with Gasteiger partial charge in [0.05, 0.1) is 6.10 Å². The standard InChI is InChI=1S/C15H28N2O/c1-11-8-15(6-7-18-11)17-13-4-3-5-14(17)10-12(9-13)16-2/h11-16H,3-10H2,1-2H3. The molecule has 3 nitrogen and oxygen atoms in total. The summed E-state index contributed by atoms with van der Waals surface area (Å²) in [7, 11) is 2.13. The quantitative estimate of drug-likeness (QED) is 0.815. The maximum Gasteiger partial charge on any atom is 0.0561 e. The number of ether oxygens (including phenoxy) is 1. The molecule has 3 saturated heterocycles. The molecule has 1 N–H and O–H groups in total. The van der Waals surface area contributed by atoms with E-state index in [0.717, 1.165) is 30.8 Å². The lowest BCUT2D eigenvalue weighted by Gasteiger charge is -2.53. The first-order valence-electron chi connectivity index (χ1n) is 7.84. The molecule has 104 valence electrons. The molecule has 0 amide bonds. The highest BCUT2D eigenvalue weighted by atomic mass is 16.5. The van der Waals surface area contributed by atoms with Gasteiger partial charge in [0.1, 0.15) is 0 Å². The van der Waals surface area contributed by atoms with Crippen molar-refractivity contribution in [2.24, 2.45) is 0 Å². The van der Waals surface area contributed by atoms with Crippen LogP contribution < -0.4 is 5.32 Å². The number of nitrogens with zero attached hydrogens (tertiary/aromatic N) is 1. The predicted octanol–water partition coefficient (Wildman–Crippen LogP) is 2.16. The van der Waals surface area contributed by atoms with E-state index >= 15 is 0 Å². The Morgan fingerprint density at radius 1 is 1.00 bits per heavy atom. The fourth-order valence-electron chi connectivity index (χ4n) is 4.49. The molecular formula is C15H28N2O. The van der Waals surface area contributed by atoms with Crippen LogP contribution in [0.25, 0.3) is 0 Å². The van der Waals surface area contributed by atoms with Crippen molar-refractivity contribution in [3.63, 3.8) is 0 Å². The van der Waals surface area contributed by atoms with E-state index in [4.69, 9.17) is 4.74 Å². The fraction of sp³-hybridized carbons (Fsp3) is 1.00. The molecule has 18 heavy (non-hydrogen) atoms. The lowest BCUT2D eigenvalue weighted by molar-refractivity contribution is -0.0722. The number of fused-ring (bicyclic) bond motifs is 2. The Bertz CT molecular complexity index is 270. The highest BCUT2D eigenvalue weighted by Crippen LogP contribution is 2.38. The van der Waals surface area contributed by atoms with Crippen LogP contribution in [0.2, 0.25) is 0 Å². The molecule has 3 fully saturated rings. The van der Waals surface area contributed by atoms with Crippen molar-refractivity contribution in [3.8, 4) is 0 Å². The Kier molecular flexibility index (Phi) is 3.92. The van der Waals surface area contributed by atoms with Gasteiger partial charge in [0, 0.05) is 30.8 Å². The molecule has 3 heteroatoms. The van der Waals surface area contributed by atoms with Crippen LogP contribution in [0, 0.1) is 0 Å². The van der Waals surface area contributed by atoms with Gasteiger partial charge in [-0.25, -0.2) is 0 Å². The third-order valence-corrected chi connectivity index (χ3v) is 5.32. The van der Waals surface area contributed by atoms with Gasteiger partial charge in [0.25, 0.3) is 0 Å². The number of nitrogens with one attached hydrogen (secondary N) is 1. The first-order chi connectivity index (χ1) is 8.78. The molecule has 3 aliphatic rings. The number of hydrogen-bond acceptors (Lipinski definition) is 3. The number of rotatable bonds is 2. The van der Waals surface area contributed by atoms with Gasteiger partial charge in [0.15, 0.2) is 0 Å². The minimum Gasteiger partial charge on any atom is -0.378 e. The topological polar surface area (TPSA) is 24.5 Å². The Balaban J connectivity index is 1.71. The molecule has 0 aromatic heterocycles. The summed E-state index contributed by atoms with van der Waals surface area (Å²) in [6, 6.07) is 3.23. The van der Waals surface area contributed by atoms with Gasteiger partial charge in [-0.15, -0.1) is 0 Å². The first-order valence-corrected chi connectivity index (χ1v) is 7.84.